The maximum absolute atomic E-state index is 5.65. The molecular weight excluding hydrogens is 170 g/mol. The summed E-state index contributed by atoms with van der Waals surface area (Å²) < 4.78 is 0. The predicted molar refractivity (Wildman–Crippen MR) is 54.4 cm³/mol. The molecule has 1 saturated carbocycles. The van der Waals surface area contributed by atoms with Crippen LogP contribution in [-0.4, -0.2) is 13.1 Å². The van der Waals surface area contributed by atoms with E-state index in [0.717, 1.165) is 19.0 Å². The molecule has 1 rings (SSSR count). The minimum Gasteiger partial charge on any atom is -0.311 e. The van der Waals surface area contributed by atoms with Crippen molar-refractivity contribution in [3.63, 3.8) is 0 Å². The van der Waals surface area contributed by atoms with Crippen LogP contribution in [0.25, 0.3) is 0 Å². The van der Waals surface area contributed by atoms with Crippen molar-refractivity contribution in [2.75, 3.05) is 13.1 Å². The summed E-state index contributed by atoms with van der Waals surface area (Å²) in [6.45, 7) is 10.1. The van der Waals surface area contributed by atoms with Crippen molar-refractivity contribution < 1.29 is 0 Å². The van der Waals surface area contributed by atoms with Crippen molar-refractivity contribution in [3.05, 3.63) is 11.6 Å². The van der Waals surface area contributed by atoms with Crippen molar-refractivity contribution in [1.29, 1.82) is 0 Å². The van der Waals surface area contributed by atoms with Crippen LogP contribution in [-0.2, 0) is 0 Å². The quantitative estimate of drug-likeness (QED) is 0.698. The normalized spacial score (nSPS) is 19.7. The van der Waals surface area contributed by atoms with Gasteiger partial charge in [-0.05, 0) is 24.2 Å². The summed E-state index contributed by atoms with van der Waals surface area (Å²) in [5.74, 6) is 0.786. The zero-order valence-corrected chi connectivity index (χ0v) is 8.75. The third-order valence-electron chi connectivity index (χ3n) is 2.91. The summed E-state index contributed by atoms with van der Waals surface area (Å²) >= 11 is 5.65. The second-order valence-corrected chi connectivity index (χ2v) is 4.67. The van der Waals surface area contributed by atoms with E-state index in [2.05, 4.69) is 25.7 Å². The molecule has 2 heteroatoms. The third kappa shape index (κ3) is 2.49. The highest BCUT2D eigenvalue weighted by Crippen LogP contribution is 2.51. The molecule has 1 aliphatic rings. The number of nitrogens with one attached hydrogen (secondary N) is 1. The zero-order valence-electron chi connectivity index (χ0n) is 7.99. The summed E-state index contributed by atoms with van der Waals surface area (Å²) in [6, 6.07) is 0. The predicted octanol–water partition coefficient (Wildman–Crippen LogP) is 2.76. The highest BCUT2D eigenvalue weighted by molar-refractivity contribution is 6.29. The fourth-order valence-corrected chi connectivity index (χ4v) is 1.66. The summed E-state index contributed by atoms with van der Waals surface area (Å²) in [4.78, 5) is 0. The van der Waals surface area contributed by atoms with Gasteiger partial charge in [0.2, 0.25) is 0 Å². The van der Waals surface area contributed by atoms with E-state index in [-0.39, 0.29) is 0 Å². The molecule has 0 radical (unpaired) electrons. The van der Waals surface area contributed by atoms with Gasteiger partial charge in [0, 0.05) is 18.1 Å². The molecule has 0 unspecified atom stereocenters. The van der Waals surface area contributed by atoms with Crippen molar-refractivity contribution in [1.82, 2.24) is 5.32 Å². The average Bonchev–Trinajstić information content (AvgIpc) is 2.68. The lowest BCUT2D eigenvalue weighted by molar-refractivity contribution is 0.343. The van der Waals surface area contributed by atoms with E-state index in [1.807, 2.05) is 0 Å². The van der Waals surface area contributed by atoms with Crippen LogP contribution >= 0.6 is 11.6 Å². The zero-order chi connectivity index (χ0) is 9.19. The SMILES string of the molecule is C=C(Cl)CNCC1(C(C)C)CC1. The maximum Gasteiger partial charge on any atom is 0.0307 e. The Kier molecular flexibility index (Phi) is 3.19. The standard InChI is InChI=1S/C10H18ClN/c1-8(2)10(4-5-10)7-12-6-9(3)11/h8,12H,3-7H2,1-2H3. The number of hydrogen-bond acceptors (Lipinski definition) is 1. The highest BCUT2D eigenvalue weighted by atomic mass is 35.5. The summed E-state index contributed by atoms with van der Waals surface area (Å²) in [6.07, 6.45) is 2.73. The first kappa shape index (κ1) is 10.1. The van der Waals surface area contributed by atoms with Crippen LogP contribution in [0.5, 0.6) is 0 Å². The maximum atomic E-state index is 5.65. The molecule has 1 N–H and O–H groups in total. The Morgan fingerprint density at radius 3 is 2.50 bits per heavy atom. The number of hydrogen-bond donors (Lipinski definition) is 1. The molecule has 0 amide bonds. The minimum atomic E-state index is 0.576. The van der Waals surface area contributed by atoms with Gasteiger partial charge in [0.05, 0.1) is 0 Å². The van der Waals surface area contributed by atoms with Gasteiger partial charge in [-0.3, -0.25) is 0 Å². The monoisotopic (exact) mass is 187 g/mol. The first-order valence-corrected chi connectivity index (χ1v) is 4.99. The highest BCUT2D eigenvalue weighted by Gasteiger charge is 2.44. The Balaban J connectivity index is 2.18. The third-order valence-corrected chi connectivity index (χ3v) is 3.04. The van der Waals surface area contributed by atoms with Crippen molar-refractivity contribution in [3.8, 4) is 0 Å². The van der Waals surface area contributed by atoms with Gasteiger partial charge in [0.1, 0.15) is 0 Å². The number of rotatable bonds is 5. The molecule has 70 valence electrons. The van der Waals surface area contributed by atoms with Crippen LogP contribution in [0.2, 0.25) is 0 Å². The lowest BCUT2D eigenvalue weighted by atomic mass is 9.92. The van der Waals surface area contributed by atoms with Crippen LogP contribution in [0.1, 0.15) is 26.7 Å². The van der Waals surface area contributed by atoms with E-state index in [9.17, 15) is 0 Å². The van der Waals surface area contributed by atoms with Crippen molar-refractivity contribution in [2.45, 2.75) is 26.7 Å². The smallest absolute Gasteiger partial charge is 0.0307 e. The lowest BCUT2D eigenvalue weighted by Crippen LogP contribution is -2.28. The van der Waals surface area contributed by atoms with Gasteiger partial charge in [-0.1, -0.05) is 32.0 Å². The van der Waals surface area contributed by atoms with Gasteiger partial charge in [0.15, 0.2) is 0 Å². The van der Waals surface area contributed by atoms with Crippen molar-refractivity contribution in [2.24, 2.45) is 11.3 Å². The van der Waals surface area contributed by atoms with E-state index in [0.29, 0.717) is 10.4 Å². The second-order valence-electron chi connectivity index (χ2n) is 4.14. The molecule has 1 nitrogen and oxygen atoms in total. The second kappa shape index (κ2) is 3.80. The van der Waals surface area contributed by atoms with E-state index in [1.165, 1.54) is 12.8 Å². The summed E-state index contributed by atoms with van der Waals surface area (Å²) in [5, 5.41) is 4.04. The molecule has 0 heterocycles. The Bertz CT molecular complexity index is 171. The van der Waals surface area contributed by atoms with E-state index < -0.39 is 0 Å². The summed E-state index contributed by atoms with van der Waals surface area (Å²) in [5.41, 5.74) is 0.576. The molecule has 0 bridgehead atoms. The van der Waals surface area contributed by atoms with Crippen LogP contribution in [0.4, 0.5) is 0 Å². The first-order valence-electron chi connectivity index (χ1n) is 4.61. The molecule has 1 aliphatic carbocycles. The summed E-state index contributed by atoms with van der Waals surface area (Å²) in [7, 11) is 0. The van der Waals surface area contributed by atoms with Gasteiger partial charge >= 0.3 is 0 Å². The van der Waals surface area contributed by atoms with Gasteiger partial charge in [-0.2, -0.15) is 0 Å². The van der Waals surface area contributed by atoms with Gasteiger partial charge < -0.3 is 5.32 Å². The van der Waals surface area contributed by atoms with Gasteiger partial charge in [0.25, 0.3) is 0 Å². The van der Waals surface area contributed by atoms with Gasteiger partial charge in [-0.15, -0.1) is 0 Å². The topological polar surface area (TPSA) is 12.0 Å². The largest absolute Gasteiger partial charge is 0.311 e. The fraction of sp³-hybridized carbons (Fsp3) is 0.800. The molecule has 1 fully saturated rings. The van der Waals surface area contributed by atoms with Gasteiger partial charge in [-0.25, -0.2) is 0 Å². The molecule has 0 saturated heterocycles. The lowest BCUT2D eigenvalue weighted by Gasteiger charge is -2.19. The molecule has 0 aliphatic heterocycles. The van der Waals surface area contributed by atoms with E-state index in [4.69, 9.17) is 11.6 Å². The Hall–Kier alpha value is -0.0100. The first-order chi connectivity index (χ1) is 5.57. The molecule has 0 atom stereocenters. The number of halogens is 1. The molecule has 0 aromatic rings. The van der Waals surface area contributed by atoms with Crippen LogP contribution in [0.3, 0.4) is 0 Å². The molecule has 12 heavy (non-hydrogen) atoms. The van der Waals surface area contributed by atoms with Crippen LogP contribution < -0.4 is 5.32 Å². The molecular formula is C10H18ClN. The fourth-order valence-electron chi connectivity index (χ4n) is 1.57. The average molecular weight is 188 g/mol. The Morgan fingerprint density at radius 1 is 1.58 bits per heavy atom. The Morgan fingerprint density at radius 2 is 2.17 bits per heavy atom. The van der Waals surface area contributed by atoms with Crippen molar-refractivity contribution >= 4 is 11.6 Å². The van der Waals surface area contributed by atoms with Crippen LogP contribution in [0, 0.1) is 11.3 Å². The van der Waals surface area contributed by atoms with Crippen LogP contribution in [0.15, 0.2) is 11.6 Å². The van der Waals surface area contributed by atoms with E-state index in [1.54, 1.807) is 0 Å². The minimum absolute atomic E-state index is 0.576. The van der Waals surface area contributed by atoms with E-state index >= 15 is 0 Å². The molecule has 0 aromatic carbocycles. The Labute approximate surface area is 80.2 Å². The molecule has 0 aromatic heterocycles. The molecule has 0 spiro atoms.